The van der Waals surface area contributed by atoms with E-state index in [0.717, 1.165) is 45.3 Å². The van der Waals surface area contributed by atoms with Crippen LogP contribution in [0.25, 0.3) is 10.8 Å². The minimum Gasteiger partial charge on any atom is -0.370 e. The Bertz CT molecular complexity index is 675. The molecule has 122 valence electrons. The average molecular weight is 310 g/mol. The first-order valence-electron chi connectivity index (χ1n) is 8.53. The molecular formula is C19H26N4. The number of guanidine groups is 1. The van der Waals surface area contributed by atoms with Crippen LogP contribution in [-0.4, -0.2) is 36.5 Å². The summed E-state index contributed by atoms with van der Waals surface area (Å²) in [5, 5.41) is 2.64. The van der Waals surface area contributed by atoms with Gasteiger partial charge in [0, 0.05) is 6.54 Å². The molecule has 3 rings (SSSR count). The smallest absolute Gasteiger partial charge is 0.191 e. The third-order valence-electron chi connectivity index (χ3n) is 4.69. The largest absolute Gasteiger partial charge is 0.370 e. The second-order valence-electron chi connectivity index (χ2n) is 6.22. The van der Waals surface area contributed by atoms with Crippen molar-refractivity contribution in [1.82, 2.24) is 4.90 Å². The Morgan fingerprint density at radius 3 is 2.78 bits per heavy atom. The van der Waals surface area contributed by atoms with Crippen LogP contribution in [0.1, 0.15) is 24.8 Å². The van der Waals surface area contributed by atoms with Gasteiger partial charge in [-0.25, -0.2) is 0 Å². The summed E-state index contributed by atoms with van der Waals surface area (Å²) in [6.07, 6.45) is 4.34. The highest BCUT2D eigenvalue weighted by Gasteiger charge is 2.25. The van der Waals surface area contributed by atoms with E-state index >= 15 is 0 Å². The molecule has 0 saturated carbocycles. The average Bonchev–Trinajstić information content (AvgIpc) is 2.93. The predicted octanol–water partition coefficient (Wildman–Crippen LogP) is 2.51. The highest BCUT2D eigenvalue weighted by Crippen LogP contribution is 2.21. The molecule has 4 heteroatoms. The number of benzene rings is 2. The number of nitrogens with two attached hydrogens (primary N) is 2. The summed E-state index contributed by atoms with van der Waals surface area (Å²) in [4.78, 5) is 6.72. The van der Waals surface area contributed by atoms with Crippen molar-refractivity contribution in [1.29, 1.82) is 0 Å². The molecule has 4 nitrogen and oxygen atoms in total. The third kappa shape index (κ3) is 3.64. The number of hydrogen-bond acceptors (Lipinski definition) is 4. The van der Waals surface area contributed by atoms with Gasteiger partial charge in [-0.3, -0.25) is 4.99 Å². The normalized spacial score (nSPS) is 17.7. The van der Waals surface area contributed by atoms with Gasteiger partial charge in [0.1, 0.15) is 0 Å². The molecule has 23 heavy (non-hydrogen) atoms. The van der Waals surface area contributed by atoms with Gasteiger partial charge in [-0.15, -0.1) is 0 Å². The molecule has 2 aromatic carbocycles. The number of nitrogens with zero attached hydrogens (tertiary/aromatic N) is 2. The highest BCUT2D eigenvalue weighted by atomic mass is 15.3. The molecule has 0 saturated heterocycles. The van der Waals surface area contributed by atoms with Gasteiger partial charge in [0.15, 0.2) is 5.96 Å². The van der Waals surface area contributed by atoms with Crippen LogP contribution in [0.2, 0.25) is 0 Å². The molecule has 1 aliphatic heterocycles. The van der Waals surface area contributed by atoms with Gasteiger partial charge in [-0.1, -0.05) is 48.9 Å². The van der Waals surface area contributed by atoms with Gasteiger partial charge in [-0.05, 0) is 42.1 Å². The summed E-state index contributed by atoms with van der Waals surface area (Å²) in [7, 11) is 0. The minimum atomic E-state index is 0.441. The van der Waals surface area contributed by atoms with Gasteiger partial charge in [0.2, 0.25) is 0 Å². The van der Waals surface area contributed by atoms with Crippen molar-refractivity contribution in [3.05, 3.63) is 48.0 Å². The van der Waals surface area contributed by atoms with Crippen molar-refractivity contribution in [2.45, 2.75) is 31.7 Å². The van der Waals surface area contributed by atoms with E-state index in [9.17, 15) is 0 Å². The number of hydrogen-bond donors (Lipinski definition) is 2. The fourth-order valence-electron chi connectivity index (χ4n) is 3.40. The van der Waals surface area contributed by atoms with Gasteiger partial charge in [-0.2, -0.15) is 0 Å². The Labute approximate surface area is 138 Å². The van der Waals surface area contributed by atoms with E-state index in [-0.39, 0.29) is 0 Å². The van der Waals surface area contributed by atoms with Crippen LogP contribution in [0.3, 0.4) is 0 Å². The zero-order valence-electron chi connectivity index (χ0n) is 13.6. The Balaban J connectivity index is 1.67. The van der Waals surface area contributed by atoms with E-state index in [0.29, 0.717) is 12.0 Å². The van der Waals surface area contributed by atoms with E-state index in [1.54, 1.807) is 0 Å². The zero-order chi connectivity index (χ0) is 16.1. The van der Waals surface area contributed by atoms with Gasteiger partial charge >= 0.3 is 0 Å². The van der Waals surface area contributed by atoms with Crippen LogP contribution < -0.4 is 11.5 Å². The summed E-state index contributed by atoms with van der Waals surface area (Å²) < 4.78 is 0. The second kappa shape index (κ2) is 7.47. The fourth-order valence-corrected chi connectivity index (χ4v) is 3.40. The van der Waals surface area contributed by atoms with Crippen molar-refractivity contribution < 1.29 is 0 Å². The predicted molar refractivity (Wildman–Crippen MR) is 97.5 cm³/mol. The summed E-state index contributed by atoms with van der Waals surface area (Å²) in [5.41, 5.74) is 13.1. The molecule has 1 heterocycles. The maximum atomic E-state index is 6.10. The fraction of sp³-hybridized carbons (Fsp3) is 0.421. The van der Waals surface area contributed by atoms with Crippen molar-refractivity contribution in [2.75, 3.05) is 19.6 Å². The summed E-state index contributed by atoms with van der Waals surface area (Å²) >= 11 is 0. The van der Waals surface area contributed by atoms with Gasteiger partial charge < -0.3 is 16.4 Å². The maximum absolute atomic E-state index is 6.10. The van der Waals surface area contributed by atoms with E-state index in [1.807, 2.05) is 0 Å². The SMILES string of the molecule is NCCCC[C@H]1CN=C(N)N1CCc1cccc2ccccc12. The molecular weight excluding hydrogens is 284 g/mol. The van der Waals surface area contributed by atoms with Crippen LogP contribution in [0.5, 0.6) is 0 Å². The summed E-state index contributed by atoms with van der Waals surface area (Å²) in [5.74, 6) is 0.697. The molecule has 2 aromatic rings. The molecule has 4 N–H and O–H groups in total. The molecule has 0 aliphatic carbocycles. The first kappa shape index (κ1) is 15.8. The van der Waals surface area contributed by atoms with Crippen molar-refractivity contribution in [2.24, 2.45) is 16.5 Å². The number of aliphatic imine (C=N–C) groups is 1. The van der Waals surface area contributed by atoms with Crippen LogP contribution >= 0.6 is 0 Å². The van der Waals surface area contributed by atoms with Crippen molar-refractivity contribution in [3.63, 3.8) is 0 Å². The molecule has 1 atom stereocenters. The minimum absolute atomic E-state index is 0.441. The van der Waals surface area contributed by atoms with E-state index < -0.39 is 0 Å². The topological polar surface area (TPSA) is 67.6 Å². The first-order chi connectivity index (χ1) is 11.3. The summed E-state index contributed by atoms with van der Waals surface area (Å²) in [6, 6.07) is 15.5. The van der Waals surface area contributed by atoms with Gasteiger partial charge in [0.05, 0.1) is 12.6 Å². The Kier molecular flexibility index (Phi) is 5.13. The Hall–Kier alpha value is -2.07. The van der Waals surface area contributed by atoms with Gasteiger partial charge in [0.25, 0.3) is 0 Å². The number of unbranched alkanes of at least 4 members (excludes halogenated alkanes) is 1. The molecule has 0 fully saturated rings. The van der Waals surface area contributed by atoms with Crippen LogP contribution in [-0.2, 0) is 6.42 Å². The van der Waals surface area contributed by atoms with Crippen LogP contribution in [0, 0.1) is 0 Å². The highest BCUT2D eigenvalue weighted by molar-refractivity contribution is 5.85. The van der Waals surface area contributed by atoms with Crippen LogP contribution in [0.4, 0.5) is 0 Å². The molecule has 0 bridgehead atoms. The second-order valence-corrected chi connectivity index (χ2v) is 6.22. The third-order valence-corrected chi connectivity index (χ3v) is 4.69. The lowest BCUT2D eigenvalue weighted by Crippen LogP contribution is -2.42. The van der Waals surface area contributed by atoms with E-state index in [1.165, 1.54) is 16.3 Å². The quantitative estimate of drug-likeness (QED) is 0.772. The lowest BCUT2D eigenvalue weighted by molar-refractivity contribution is 0.320. The first-order valence-corrected chi connectivity index (χ1v) is 8.53. The number of rotatable bonds is 7. The lowest BCUT2D eigenvalue weighted by Gasteiger charge is -2.26. The maximum Gasteiger partial charge on any atom is 0.191 e. The Morgan fingerprint density at radius 2 is 1.91 bits per heavy atom. The molecule has 1 aliphatic rings. The molecule has 0 spiro atoms. The lowest BCUT2D eigenvalue weighted by atomic mass is 10.0. The van der Waals surface area contributed by atoms with Crippen molar-refractivity contribution >= 4 is 16.7 Å². The molecule has 0 amide bonds. The molecule has 0 radical (unpaired) electrons. The molecule has 0 unspecified atom stereocenters. The van der Waals surface area contributed by atoms with E-state index in [2.05, 4.69) is 52.4 Å². The standard InChI is InChI=1S/C19H26N4/c20-12-4-3-9-17-14-22-19(21)23(17)13-11-16-8-5-7-15-6-1-2-10-18(15)16/h1-2,5-8,10,17H,3-4,9,11-14,20H2,(H2,21,22)/t17-/m0/s1. The van der Waals surface area contributed by atoms with Crippen molar-refractivity contribution in [3.8, 4) is 0 Å². The number of fused-ring (bicyclic) bond motifs is 1. The molecule has 0 aromatic heterocycles. The Morgan fingerprint density at radius 1 is 1.09 bits per heavy atom. The zero-order valence-corrected chi connectivity index (χ0v) is 13.6. The van der Waals surface area contributed by atoms with E-state index in [4.69, 9.17) is 11.5 Å². The monoisotopic (exact) mass is 310 g/mol. The van der Waals surface area contributed by atoms with Crippen LogP contribution in [0.15, 0.2) is 47.5 Å². The summed E-state index contributed by atoms with van der Waals surface area (Å²) in [6.45, 7) is 2.52.